The second-order valence-corrected chi connectivity index (χ2v) is 4.40. The molecular weight excluding hydrogens is 176 g/mol. The van der Waals surface area contributed by atoms with Gasteiger partial charge >= 0.3 is 0 Å². The average molecular weight is 202 g/mol. The summed E-state index contributed by atoms with van der Waals surface area (Å²) in [5, 5.41) is 9.74. The zero-order valence-electron chi connectivity index (χ0n) is 10.2. The third kappa shape index (κ3) is 7.34. The first-order chi connectivity index (χ1) is 6.52. The van der Waals surface area contributed by atoms with Crippen molar-refractivity contribution in [2.45, 2.75) is 71.5 Å². The minimum atomic E-state index is -0.476. The summed E-state index contributed by atoms with van der Waals surface area (Å²) in [5.74, 6) is 0. The molecule has 0 spiro atoms. The monoisotopic (exact) mass is 202 g/mol. The summed E-state index contributed by atoms with van der Waals surface area (Å²) in [5.41, 5.74) is -0.476. The molecule has 2 nitrogen and oxygen atoms in total. The van der Waals surface area contributed by atoms with Crippen molar-refractivity contribution in [3.8, 4) is 0 Å². The Kier molecular flexibility index (Phi) is 7.20. The lowest BCUT2D eigenvalue weighted by molar-refractivity contribution is 0.0334. The average Bonchev–Trinajstić information content (AvgIpc) is 2.17. The topological polar surface area (TPSA) is 29.5 Å². The number of aliphatic hydroxyl groups is 1. The van der Waals surface area contributed by atoms with E-state index in [1.807, 2.05) is 13.8 Å². The van der Waals surface area contributed by atoms with Crippen LogP contribution in [0.25, 0.3) is 0 Å². The Balaban J connectivity index is 3.30. The van der Waals surface area contributed by atoms with Gasteiger partial charge in [0.1, 0.15) is 0 Å². The smallest absolute Gasteiger partial charge is 0.0617 e. The molecule has 0 fully saturated rings. The maximum atomic E-state index is 9.74. The molecule has 0 saturated heterocycles. The zero-order valence-corrected chi connectivity index (χ0v) is 10.2. The summed E-state index contributed by atoms with van der Waals surface area (Å²) in [6.45, 7) is 8.99. The molecule has 0 amide bonds. The van der Waals surface area contributed by atoms with Crippen LogP contribution in [0.2, 0.25) is 0 Å². The van der Waals surface area contributed by atoms with Crippen LogP contribution in [0.3, 0.4) is 0 Å². The number of hydrogen-bond donors (Lipinski definition) is 1. The van der Waals surface area contributed by atoms with Crippen LogP contribution < -0.4 is 0 Å². The van der Waals surface area contributed by atoms with Crippen molar-refractivity contribution < 1.29 is 9.84 Å². The van der Waals surface area contributed by atoms with E-state index in [4.69, 9.17) is 4.74 Å². The highest BCUT2D eigenvalue weighted by atomic mass is 16.5. The van der Waals surface area contributed by atoms with Gasteiger partial charge in [0.15, 0.2) is 0 Å². The molecule has 0 aliphatic carbocycles. The third-order valence-corrected chi connectivity index (χ3v) is 2.85. The normalized spacial score (nSPS) is 17.8. The molecule has 0 aliphatic heterocycles. The van der Waals surface area contributed by atoms with E-state index in [0.29, 0.717) is 6.10 Å². The predicted molar refractivity (Wildman–Crippen MR) is 60.5 cm³/mol. The van der Waals surface area contributed by atoms with Crippen molar-refractivity contribution >= 4 is 0 Å². The van der Waals surface area contributed by atoms with Crippen LogP contribution in [0.1, 0.15) is 59.8 Å². The van der Waals surface area contributed by atoms with Crippen LogP contribution in [0, 0.1) is 0 Å². The van der Waals surface area contributed by atoms with E-state index >= 15 is 0 Å². The second kappa shape index (κ2) is 7.24. The molecule has 1 N–H and O–H groups in total. The summed E-state index contributed by atoms with van der Waals surface area (Å²) < 4.78 is 5.56. The van der Waals surface area contributed by atoms with Crippen LogP contribution in [-0.2, 0) is 4.74 Å². The maximum Gasteiger partial charge on any atom is 0.0617 e. The molecule has 14 heavy (non-hydrogen) atoms. The lowest BCUT2D eigenvalue weighted by atomic mass is 9.96. The Morgan fingerprint density at radius 3 is 2.43 bits per heavy atom. The molecule has 86 valence electrons. The summed E-state index contributed by atoms with van der Waals surface area (Å²) in [6, 6.07) is 0. The van der Waals surface area contributed by atoms with E-state index in [2.05, 4.69) is 13.8 Å². The van der Waals surface area contributed by atoms with E-state index in [1.54, 1.807) is 0 Å². The van der Waals surface area contributed by atoms with Crippen LogP contribution in [-0.4, -0.2) is 23.4 Å². The first kappa shape index (κ1) is 13.9. The number of ether oxygens (including phenoxy) is 1. The van der Waals surface area contributed by atoms with Crippen LogP contribution in [0.4, 0.5) is 0 Å². The fourth-order valence-corrected chi connectivity index (χ4v) is 1.19. The van der Waals surface area contributed by atoms with Gasteiger partial charge < -0.3 is 9.84 Å². The highest BCUT2D eigenvalue weighted by Gasteiger charge is 2.16. The second-order valence-electron chi connectivity index (χ2n) is 4.40. The molecule has 2 heteroatoms. The highest BCUT2D eigenvalue weighted by molar-refractivity contribution is 4.69. The quantitative estimate of drug-likeness (QED) is 0.613. The first-order valence-corrected chi connectivity index (χ1v) is 5.85. The molecular formula is C12H26O2. The van der Waals surface area contributed by atoms with Gasteiger partial charge in [-0.1, -0.05) is 13.8 Å². The molecule has 2 atom stereocenters. The van der Waals surface area contributed by atoms with Gasteiger partial charge in [0, 0.05) is 6.61 Å². The van der Waals surface area contributed by atoms with Crippen molar-refractivity contribution in [3.05, 3.63) is 0 Å². The van der Waals surface area contributed by atoms with E-state index in [-0.39, 0.29) is 0 Å². The Hall–Kier alpha value is -0.0800. The minimum Gasteiger partial charge on any atom is -0.390 e. The van der Waals surface area contributed by atoms with E-state index in [9.17, 15) is 5.11 Å². The molecule has 0 radical (unpaired) electrons. The SMILES string of the molecule is CCC(C)OCCCCC(C)(O)CC. The number of hydrogen-bond acceptors (Lipinski definition) is 2. The molecule has 0 aliphatic rings. The van der Waals surface area contributed by atoms with Gasteiger partial charge in [-0.15, -0.1) is 0 Å². The Morgan fingerprint density at radius 2 is 1.93 bits per heavy atom. The maximum absolute atomic E-state index is 9.74. The fourth-order valence-electron chi connectivity index (χ4n) is 1.19. The van der Waals surface area contributed by atoms with Crippen molar-refractivity contribution in [1.82, 2.24) is 0 Å². The lowest BCUT2D eigenvalue weighted by Crippen LogP contribution is -2.22. The third-order valence-electron chi connectivity index (χ3n) is 2.85. The molecule has 0 rings (SSSR count). The van der Waals surface area contributed by atoms with Gasteiger partial charge in [0.05, 0.1) is 11.7 Å². The van der Waals surface area contributed by atoms with Crippen LogP contribution in [0.15, 0.2) is 0 Å². The zero-order chi connectivity index (χ0) is 11.0. The van der Waals surface area contributed by atoms with Gasteiger partial charge in [-0.3, -0.25) is 0 Å². The molecule has 0 saturated carbocycles. The standard InChI is InChI=1S/C12H26O2/c1-5-11(3)14-10-8-7-9-12(4,13)6-2/h11,13H,5-10H2,1-4H3. The molecule has 0 bridgehead atoms. The Labute approximate surface area is 88.7 Å². The summed E-state index contributed by atoms with van der Waals surface area (Å²) in [6.07, 6.45) is 5.28. The first-order valence-electron chi connectivity index (χ1n) is 5.85. The van der Waals surface area contributed by atoms with Gasteiger partial charge in [-0.25, -0.2) is 0 Å². The molecule has 0 aromatic heterocycles. The van der Waals surface area contributed by atoms with Crippen molar-refractivity contribution in [1.29, 1.82) is 0 Å². The summed E-state index contributed by atoms with van der Waals surface area (Å²) in [4.78, 5) is 0. The van der Waals surface area contributed by atoms with Gasteiger partial charge in [0.2, 0.25) is 0 Å². The van der Waals surface area contributed by atoms with Gasteiger partial charge in [-0.05, 0) is 46.0 Å². The summed E-state index contributed by atoms with van der Waals surface area (Å²) in [7, 11) is 0. The number of unbranched alkanes of at least 4 members (excludes halogenated alkanes) is 1. The van der Waals surface area contributed by atoms with Crippen LogP contribution in [0.5, 0.6) is 0 Å². The predicted octanol–water partition coefficient (Wildman–Crippen LogP) is 3.13. The lowest BCUT2D eigenvalue weighted by Gasteiger charge is -2.21. The van der Waals surface area contributed by atoms with Crippen molar-refractivity contribution in [2.24, 2.45) is 0 Å². The van der Waals surface area contributed by atoms with E-state index in [1.165, 1.54) is 0 Å². The van der Waals surface area contributed by atoms with Crippen molar-refractivity contribution in [3.63, 3.8) is 0 Å². The molecule has 0 heterocycles. The molecule has 0 aromatic rings. The Morgan fingerprint density at radius 1 is 1.29 bits per heavy atom. The molecule has 2 unspecified atom stereocenters. The minimum absolute atomic E-state index is 0.377. The highest BCUT2D eigenvalue weighted by Crippen LogP contribution is 2.17. The molecule has 0 aromatic carbocycles. The largest absolute Gasteiger partial charge is 0.390 e. The van der Waals surface area contributed by atoms with Crippen LogP contribution >= 0.6 is 0 Å². The summed E-state index contributed by atoms with van der Waals surface area (Å²) >= 11 is 0. The van der Waals surface area contributed by atoms with Crippen molar-refractivity contribution in [2.75, 3.05) is 6.61 Å². The van der Waals surface area contributed by atoms with Gasteiger partial charge in [0.25, 0.3) is 0 Å². The van der Waals surface area contributed by atoms with E-state index in [0.717, 1.165) is 38.7 Å². The Bertz CT molecular complexity index is 132. The number of rotatable bonds is 8. The van der Waals surface area contributed by atoms with E-state index < -0.39 is 5.60 Å². The van der Waals surface area contributed by atoms with Gasteiger partial charge in [-0.2, -0.15) is 0 Å². The fraction of sp³-hybridized carbons (Fsp3) is 1.00.